The van der Waals surface area contributed by atoms with Crippen molar-refractivity contribution in [3.8, 4) is 0 Å². The van der Waals surface area contributed by atoms with E-state index >= 15 is 0 Å². The summed E-state index contributed by atoms with van der Waals surface area (Å²) in [5.74, 6) is -0.306. The standard InChI is InChI=1S/C25H34N4O2/c1-4-27(19-21-8-6-5-7-9-21)24(30)18-26-25(31)22-10-12-23(13-11-22)29-16-14-28(15-17-29)20(2)3/h5-13,20H,4,14-19H2,1-3H3,(H,26,31). The summed E-state index contributed by atoms with van der Waals surface area (Å²) in [6, 6.07) is 18.1. The zero-order chi connectivity index (χ0) is 22.2. The first kappa shape index (κ1) is 22.8. The van der Waals surface area contributed by atoms with Crippen LogP contribution in [-0.2, 0) is 11.3 Å². The van der Waals surface area contributed by atoms with Gasteiger partial charge in [0.1, 0.15) is 0 Å². The van der Waals surface area contributed by atoms with Crippen molar-refractivity contribution in [2.45, 2.75) is 33.4 Å². The summed E-state index contributed by atoms with van der Waals surface area (Å²) in [6.45, 7) is 11.6. The first-order chi connectivity index (χ1) is 15.0. The molecule has 31 heavy (non-hydrogen) atoms. The molecule has 0 aromatic heterocycles. The fourth-order valence-electron chi connectivity index (χ4n) is 3.87. The minimum Gasteiger partial charge on any atom is -0.369 e. The molecule has 166 valence electrons. The van der Waals surface area contributed by atoms with Gasteiger partial charge in [-0.1, -0.05) is 30.3 Å². The van der Waals surface area contributed by atoms with E-state index in [0.717, 1.165) is 37.4 Å². The van der Waals surface area contributed by atoms with Crippen molar-refractivity contribution in [3.63, 3.8) is 0 Å². The Morgan fingerprint density at radius 1 is 0.968 bits per heavy atom. The molecular weight excluding hydrogens is 388 g/mol. The zero-order valence-electron chi connectivity index (χ0n) is 18.9. The van der Waals surface area contributed by atoms with Gasteiger partial charge in [-0.05, 0) is 50.6 Å². The number of benzene rings is 2. The molecule has 6 nitrogen and oxygen atoms in total. The summed E-state index contributed by atoms with van der Waals surface area (Å²) in [5.41, 5.74) is 2.79. The first-order valence-electron chi connectivity index (χ1n) is 11.2. The number of carbonyl (C=O) groups is 2. The third kappa shape index (κ3) is 6.31. The molecule has 1 aliphatic heterocycles. The molecule has 2 aromatic carbocycles. The van der Waals surface area contributed by atoms with Crippen molar-refractivity contribution in [1.82, 2.24) is 15.1 Å². The van der Waals surface area contributed by atoms with E-state index in [1.807, 2.05) is 61.5 Å². The van der Waals surface area contributed by atoms with Gasteiger partial charge in [-0.15, -0.1) is 0 Å². The van der Waals surface area contributed by atoms with Crippen molar-refractivity contribution < 1.29 is 9.59 Å². The Kier molecular flexibility index (Phi) is 8.06. The van der Waals surface area contributed by atoms with E-state index in [2.05, 4.69) is 29.0 Å². The first-order valence-corrected chi connectivity index (χ1v) is 11.2. The van der Waals surface area contributed by atoms with Gasteiger partial charge in [0.25, 0.3) is 5.91 Å². The molecule has 0 aliphatic carbocycles. The Morgan fingerprint density at radius 2 is 1.61 bits per heavy atom. The molecule has 6 heteroatoms. The maximum Gasteiger partial charge on any atom is 0.251 e. The normalized spacial score (nSPS) is 14.5. The molecule has 1 fully saturated rings. The lowest BCUT2D eigenvalue weighted by atomic mass is 10.1. The summed E-state index contributed by atoms with van der Waals surface area (Å²) in [7, 11) is 0. The summed E-state index contributed by atoms with van der Waals surface area (Å²) in [6.07, 6.45) is 0. The number of amides is 2. The third-order valence-electron chi connectivity index (χ3n) is 5.89. The number of piperazine rings is 1. The lowest BCUT2D eigenvalue weighted by Crippen LogP contribution is -2.48. The highest BCUT2D eigenvalue weighted by Gasteiger charge is 2.19. The second-order valence-corrected chi connectivity index (χ2v) is 8.24. The minimum absolute atomic E-state index is 0.00157. The summed E-state index contributed by atoms with van der Waals surface area (Å²) >= 11 is 0. The highest BCUT2D eigenvalue weighted by molar-refractivity contribution is 5.96. The van der Waals surface area contributed by atoms with Crippen LogP contribution in [0, 0.1) is 0 Å². The molecule has 2 amide bonds. The van der Waals surface area contributed by atoms with Crippen molar-refractivity contribution in [3.05, 3.63) is 65.7 Å². The van der Waals surface area contributed by atoms with Gasteiger partial charge in [-0.3, -0.25) is 14.5 Å². The van der Waals surface area contributed by atoms with Crippen LogP contribution in [0.15, 0.2) is 54.6 Å². The van der Waals surface area contributed by atoms with Crippen LogP contribution < -0.4 is 10.2 Å². The lowest BCUT2D eigenvalue weighted by molar-refractivity contribution is -0.130. The SMILES string of the molecule is CCN(Cc1ccccc1)C(=O)CNC(=O)c1ccc(N2CCN(C(C)C)CC2)cc1. The number of rotatable bonds is 8. The molecule has 1 heterocycles. The molecule has 1 N–H and O–H groups in total. The molecule has 1 saturated heterocycles. The fourth-order valence-corrected chi connectivity index (χ4v) is 3.87. The van der Waals surface area contributed by atoms with E-state index in [-0.39, 0.29) is 18.4 Å². The summed E-state index contributed by atoms with van der Waals surface area (Å²) < 4.78 is 0. The lowest BCUT2D eigenvalue weighted by Gasteiger charge is -2.38. The second-order valence-electron chi connectivity index (χ2n) is 8.24. The Bertz CT molecular complexity index is 844. The Balaban J connectivity index is 1.49. The van der Waals surface area contributed by atoms with Gasteiger partial charge in [0, 0.05) is 56.6 Å². The van der Waals surface area contributed by atoms with Gasteiger partial charge in [-0.25, -0.2) is 0 Å². The number of nitrogens with zero attached hydrogens (tertiary/aromatic N) is 3. The molecule has 1 aliphatic rings. The topological polar surface area (TPSA) is 55.9 Å². The number of carbonyl (C=O) groups excluding carboxylic acids is 2. The summed E-state index contributed by atoms with van der Waals surface area (Å²) in [5, 5.41) is 2.77. The quantitative estimate of drug-likeness (QED) is 0.711. The van der Waals surface area contributed by atoms with Crippen molar-refractivity contribution >= 4 is 17.5 Å². The van der Waals surface area contributed by atoms with E-state index in [4.69, 9.17) is 0 Å². The molecule has 3 rings (SSSR count). The van der Waals surface area contributed by atoms with Crippen LogP contribution in [-0.4, -0.2) is 66.9 Å². The van der Waals surface area contributed by atoms with E-state index < -0.39 is 0 Å². The molecule has 0 spiro atoms. The van der Waals surface area contributed by atoms with E-state index in [0.29, 0.717) is 24.7 Å². The van der Waals surface area contributed by atoms with Crippen molar-refractivity contribution in [1.29, 1.82) is 0 Å². The van der Waals surface area contributed by atoms with E-state index in [9.17, 15) is 9.59 Å². The van der Waals surface area contributed by atoms with E-state index in [1.165, 1.54) is 0 Å². The smallest absolute Gasteiger partial charge is 0.251 e. The maximum atomic E-state index is 12.5. The Hall–Kier alpha value is -2.86. The molecule has 0 unspecified atom stereocenters. The molecule has 0 bridgehead atoms. The predicted octanol–water partition coefficient (Wildman–Crippen LogP) is 3.00. The molecular formula is C25H34N4O2. The van der Waals surface area contributed by atoms with Gasteiger partial charge in [0.15, 0.2) is 0 Å². The minimum atomic E-state index is -0.222. The third-order valence-corrected chi connectivity index (χ3v) is 5.89. The van der Waals surface area contributed by atoms with Gasteiger partial charge in [0.05, 0.1) is 6.54 Å². The van der Waals surface area contributed by atoms with Gasteiger partial charge in [-0.2, -0.15) is 0 Å². The number of anilines is 1. The van der Waals surface area contributed by atoms with Crippen molar-refractivity contribution in [2.75, 3.05) is 44.2 Å². The van der Waals surface area contributed by atoms with Gasteiger partial charge < -0.3 is 15.1 Å². The Labute approximate surface area is 185 Å². The highest BCUT2D eigenvalue weighted by Crippen LogP contribution is 2.18. The number of hydrogen-bond acceptors (Lipinski definition) is 4. The average molecular weight is 423 g/mol. The molecule has 2 aromatic rings. The fraction of sp³-hybridized carbons (Fsp3) is 0.440. The van der Waals surface area contributed by atoms with Gasteiger partial charge in [0.2, 0.25) is 5.91 Å². The largest absolute Gasteiger partial charge is 0.369 e. The van der Waals surface area contributed by atoms with Crippen molar-refractivity contribution in [2.24, 2.45) is 0 Å². The number of nitrogens with one attached hydrogen (secondary N) is 1. The second kappa shape index (κ2) is 11.0. The summed E-state index contributed by atoms with van der Waals surface area (Å²) in [4.78, 5) is 31.7. The predicted molar refractivity (Wildman–Crippen MR) is 125 cm³/mol. The van der Waals surface area contributed by atoms with E-state index in [1.54, 1.807) is 4.90 Å². The molecule has 0 atom stereocenters. The number of likely N-dealkylation sites (N-methyl/N-ethyl adjacent to an activating group) is 1. The number of hydrogen-bond donors (Lipinski definition) is 1. The maximum absolute atomic E-state index is 12.5. The van der Waals surface area contributed by atoms with Crippen LogP contribution in [0.1, 0.15) is 36.7 Å². The monoisotopic (exact) mass is 422 g/mol. The molecule has 0 saturated carbocycles. The Morgan fingerprint density at radius 3 is 2.19 bits per heavy atom. The van der Waals surface area contributed by atoms with Crippen LogP contribution in [0.25, 0.3) is 0 Å². The zero-order valence-corrected chi connectivity index (χ0v) is 18.9. The van der Waals surface area contributed by atoms with Crippen LogP contribution >= 0.6 is 0 Å². The van der Waals surface area contributed by atoms with Crippen LogP contribution in [0.3, 0.4) is 0 Å². The average Bonchev–Trinajstić information content (AvgIpc) is 2.81. The van der Waals surface area contributed by atoms with Gasteiger partial charge >= 0.3 is 0 Å². The molecule has 0 radical (unpaired) electrons. The van der Waals surface area contributed by atoms with Crippen LogP contribution in [0.4, 0.5) is 5.69 Å². The van der Waals surface area contributed by atoms with Crippen LogP contribution in [0.5, 0.6) is 0 Å². The van der Waals surface area contributed by atoms with Crippen LogP contribution in [0.2, 0.25) is 0 Å². The highest BCUT2D eigenvalue weighted by atomic mass is 16.2.